The monoisotopic (exact) mass is 323 g/mol. The van der Waals surface area contributed by atoms with Crippen LogP contribution in [0, 0.1) is 5.82 Å². The number of nitrogens with two attached hydrogens (primary N) is 1. The van der Waals surface area contributed by atoms with E-state index in [1.54, 1.807) is 30.7 Å². The first-order valence-electron chi connectivity index (χ1n) is 7.66. The summed E-state index contributed by atoms with van der Waals surface area (Å²) in [6.07, 6.45) is 5.15. The van der Waals surface area contributed by atoms with E-state index in [2.05, 4.69) is 20.3 Å². The Balaban J connectivity index is 2.06. The van der Waals surface area contributed by atoms with Crippen molar-refractivity contribution in [1.82, 2.24) is 15.0 Å². The largest absolute Gasteiger partial charge is 0.353 e. The molecule has 6 heteroatoms. The summed E-state index contributed by atoms with van der Waals surface area (Å²) in [5, 5.41) is 3.12. The molecule has 0 spiro atoms. The molecule has 24 heavy (non-hydrogen) atoms. The van der Waals surface area contributed by atoms with Crippen molar-refractivity contribution in [2.45, 2.75) is 13.0 Å². The van der Waals surface area contributed by atoms with Gasteiger partial charge in [-0.05, 0) is 36.8 Å². The second kappa shape index (κ2) is 7.14. The zero-order chi connectivity index (χ0) is 16.9. The van der Waals surface area contributed by atoms with Crippen molar-refractivity contribution >= 4 is 5.95 Å². The highest BCUT2D eigenvalue weighted by atomic mass is 19.1. The topological polar surface area (TPSA) is 76.7 Å². The Labute approximate surface area is 139 Å². The molecule has 3 N–H and O–H groups in total. The summed E-state index contributed by atoms with van der Waals surface area (Å²) < 4.78 is 13.2. The fourth-order valence-electron chi connectivity index (χ4n) is 2.29. The minimum Gasteiger partial charge on any atom is -0.353 e. The van der Waals surface area contributed by atoms with Gasteiger partial charge in [0.1, 0.15) is 5.82 Å². The highest BCUT2D eigenvalue weighted by Crippen LogP contribution is 2.30. The molecule has 3 aromatic rings. The van der Waals surface area contributed by atoms with Crippen LogP contribution in [0.3, 0.4) is 0 Å². The third-order valence-electron chi connectivity index (χ3n) is 3.48. The van der Waals surface area contributed by atoms with Gasteiger partial charge in [-0.1, -0.05) is 12.1 Å². The van der Waals surface area contributed by atoms with Gasteiger partial charge in [-0.25, -0.2) is 14.4 Å². The number of rotatable bonds is 5. The first kappa shape index (κ1) is 16.0. The number of hydrogen-bond acceptors (Lipinski definition) is 5. The van der Waals surface area contributed by atoms with Gasteiger partial charge in [0.25, 0.3) is 0 Å². The van der Waals surface area contributed by atoms with Crippen molar-refractivity contribution in [1.29, 1.82) is 0 Å². The summed E-state index contributed by atoms with van der Waals surface area (Å²) in [5.41, 5.74) is 9.11. The molecule has 0 saturated heterocycles. The van der Waals surface area contributed by atoms with Crippen LogP contribution in [0.25, 0.3) is 22.4 Å². The van der Waals surface area contributed by atoms with Gasteiger partial charge in [-0.15, -0.1) is 0 Å². The molecule has 0 bridgehead atoms. The lowest BCUT2D eigenvalue weighted by Crippen LogP contribution is -2.25. The van der Waals surface area contributed by atoms with Gasteiger partial charge in [0, 0.05) is 42.3 Å². The summed E-state index contributed by atoms with van der Waals surface area (Å²) in [6, 6.07) is 10.0. The molecule has 2 aromatic heterocycles. The molecule has 122 valence electrons. The Morgan fingerprint density at radius 3 is 2.46 bits per heavy atom. The fraction of sp³-hybridized carbons (Fsp3) is 0.167. The van der Waals surface area contributed by atoms with E-state index in [0.29, 0.717) is 12.5 Å². The Hall–Kier alpha value is -2.86. The number of nitrogens with one attached hydrogen (secondary N) is 1. The first-order valence-corrected chi connectivity index (χ1v) is 7.66. The highest BCUT2D eigenvalue weighted by molar-refractivity contribution is 5.80. The average Bonchev–Trinajstić information content (AvgIpc) is 2.61. The SMILES string of the molecule is CC(N)CNc1ncc(-c2ccc(F)cc2)c(-c2ccncc2)n1. The van der Waals surface area contributed by atoms with E-state index in [4.69, 9.17) is 5.73 Å². The van der Waals surface area contributed by atoms with Crippen LogP contribution in [0.5, 0.6) is 0 Å². The smallest absolute Gasteiger partial charge is 0.223 e. The van der Waals surface area contributed by atoms with E-state index in [-0.39, 0.29) is 11.9 Å². The van der Waals surface area contributed by atoms with Crippen LogP contribution in [-0.4, -0.2) is 27.5 Å². The summed E-state index contributed by atoms with van der Waals surface area (Å²) in [6.45, 7) is 2.48. The summed E-state index contributed by atoms with van der Waals surface area (Å²) >= 11 is 0. The first-order chi connectivity index (χ1) is 11.6. The van der Waals surface area contributed by atoms with Gasteiger partial charge < -0.3 is 11.1 Å². The van der Waals surface area contributed by atoms with Gasteiger partial charge in [-0.2, -0.15) is 0 Å². The molecule has 2 heterocycles. The molecule has 0 fully saturated rings. The van der Waals surface area contributed by atoms with Crippen LogP contribution in [0.2, 0.25) is 0 Å². The molecule has 0 radical (unpaired) electrons. The summed E-state index contributed by atoms with van der Waals surface area (Å²) in [4.78, 5) is 13.0. The third-order valence-corrected chi connectivity index (χ3v) is 3.48. The van der Waals surface area contributed by atoms with Crippen LogP contribution in [0.1, 0.15) is 6.92 Å². The maximum absolute atomic E-state index is 13.2. The molecular formula is C18H18FN5. The number of hydrogen-bond donors (Lipinski definition) is 2. The van der Waals surface area contributed by atoms with Crippen LogP contribution in [-0.2, 0) is 0 Å². The Bertz CT molecular complexity index is 803. The lowest BCUT2D eigenvalue weighted by Gasteiger charge is -2.12. The number of pyridine rings is 1. The quantitative estimate of drug-likeness (QED) is 0.754. The van der Waals surface area contributed by atoms with Crippen molar-refractivity contribution in [2.24, 2.45) is 5.73 Å². The molecule has 0 saturated carbocycles. The van der Waals surface area contributed by atoms with Gasteiger partial charge in [-0.3, -0.25) is 4.98 Å². The molecule has 0 amide bonds. The normalized spacial score (nSPS) is 12.0. The molecular weight excluding hydrogens is 305 g/mol. The second-order valence-corrected chi connectivity index (χ2v) is 5.56. The van der Waals surface area contributed by atoms with E-state index in [0.717, 1.165) is 22.4 Å². The number of anilines is 1. The van der Waals surface area contributed by atoms with E-state index in [9.17, 15) is 4.39 Å². The zero-order valence-electron chi connectivity index (χ0n) is 13.3. The van der Waals surface area contributed by atoms with Crippen LogP contribution >= 0.6 is 0 Å². The molecule has 1 unspecified atom stereocenters. The van der Waals surface area contributed by atoms with E-state index in [1.165, 1.54) is 12.1 Å². The molecule has 3 rings (SSSR count). The molecule has 0 aliphatic rings. The van der Waals surface area contributed by atoms with Crippen molar-refractivity contribution in [3.8, 4) is 22.4 Å². The molecule has 5 nitrogen and oxygen atoms in total. The van der Waals surface area contributed by atoms with Crippen molar-refractivity contribution in [3.63, 3.8) is 0 Å². The van der Waals surface area contributed by atoms with Crippen LogP contribution in [0.4, 0.5) is 10.3 Å². The predicted octanol–water partition coefficient (Wildman–Crippen LogP) is 3.10. The lowest BCUT2D eigenvalue weighted by molar-refractivity contribution is 0.628. The van der Waals surface area contributed by atoms with Crippen molar-refractivity contribution in [3.05, 3.63) is 60.8 Å². The standard InChI is InChI=1S/C18H18FN5/c1-12(20)10-22-18-23-11-16(13-2-4-15(19)5-3-13)17(24-18)14-6-8-21-9-7-14/h2-9,11-12H,10,20H2,1H3,(H,22,23,24). The summed E-state index contributed by atoms with van der Waals surface area (Å²) in [5.74, 6) is 0.227. The van der Waals surface area contributed by atoms with Gasteiger partial charge in [0.2, 0.25) is 5.95 Å². The Morgan fingerprint density at radius 1 is 1.08 bits per heavy atom. The Kier molecular flexibility index (Phi) is 4.77. The van der Waals surface area contributed by atoms with Crippen LogP contribution in [0.15, 0.2) is 55.0 Å². The van der Waals surface area contributed by atoms with Crippen molar-refractivity contribution in [2.75, 3.05) is 11.9 Å². The maximum atomic E-state index is 13.2. The highest BCUT2D eigenvalue weighted by Gasteiger charge is 2.12. The fourth-order valence-corrected chi connectivity index (χ4v) is 2.29. The number of aromatic nitrogens is 3. The van der Waals surface area contributed by atoms with Crippen molar-refractivity contribution < 1.29 is 4.39 Å². The van der Waals surface area contributed by atoms with Gasteiger partial charge in [0.05, 0.1) is 5.69 Å². The minimum absolute atomic E-state index is 0.00486. The van der Waals surface area contributed by atoms with E-state index in [1.807, 2.05) is 19.1 Å². The molecule has 0 aliphatic carbocycles. The molecule has 0 aliphatic heterocycles. The number of nitrogens with zero attached hydrogens (tertiary/aromatic N) is 3. The number of halogens is 1. The minimum atomic E-state index is -0.277. The number of benzene rings is 1. The van der Waals surface area contributed by atoms with Gasteiger partial charge in [0.15, 0.2) is 0 Å². The van der Waals surface area contributed by atoms with E-state index < -0.39 is 0 Å². The Morgan fingerprint density at radius 2 is 1.79 bits per heavy atom. The zero-order valence-corrected chi connectivity index (χ0v) is 13.3. The third kappa shape index (κ3) is 3.72. The van der Waals surface area contributed by atoms with E-state index >= 15 is 0 Å². The second-order valence-electron chi connectivity index (χ2n) is 5.56. The average molecular weight is 323 g/mol. The molecule has 1 atom stereocenters. The lowest BCUT2D eigenvalue weighted by atomic mass is 10.0. The summed E-state index contributed by atoms with van der Waals surface area (Å²) in [7, 11) is 0. The molecule has 1 aromatic carbocycles. The van der Waals surface area contributed by atoms with Gasteiger partial charge >= 0.3 is 0 Å². The maximum Gasteiger partial charge on any atom is 0.223 e. The van der Waals surface area contributed by atoms with Crippen LogP contribution < -0.4 is 11.1 Å². The predicted molar refractivity (Wildman–Crippen MR) is 92.8 cm³/mol.